The largest absolute Gasteiger partial charge is 0.378 e. The molecule has 2 fully saturated rings. The monoisotopic (exact) mass is 238 g/mol. The van der Waals surface area contributed by atoms with Gasteiger partial charge in [0.25, 0.3) is 5.95 Å². The van der Waals surface area contributed by atoms with Gasteiger partial charge in [-0.25, -0.2) is 0 Å². The molecular weight excluding hydrogens is 220 g/mol. The van der Waals surface area contributed by atoms with Gasteiger partial charge in [-0.05, 0) is 18.0 Å². The highest BCUT2D eigenvalue weighted by molar-refractivity contribution is 5.28. The molecule has 6 heteroatoms. The molecular formula is C11H18N4O2. The van der Waals surface area contributed by atoms with E-state index in [1.807, 2.05) is 0 Å². The Morgan fingerprint density at radius 2 is 2.06 bits per heavy atom. The maximum absolute atomic E-state index is 6.04. The minimum Gasteiger partial charge on any atom is -0.378 e. The fourth-order valence-electron chi connectivity index (χ4n) is 2.56. The summed E-state index contributed by atoms with van der Waals surface area (Å²) >= 11 is 0. The average molecular weight is 238 g/mol. The fourth-order valence-corrected chi connectivity index (χ4v) is 2.56. The molecule has 2 atom stereocenters. The number of hydrogen-bond donors (Lipinski definition) is 1. The lowest BCUT2D eigenvalue weighted by atomic mass is 10.1. The summed E-state index contributed by atoms with van der Waals surface area (Å²) in [6, 6.07) is 0.174. The molecule has 3 rings (SSSR count). The number of nitrogens with zero attached hydrogens (tertiary/aromatic N) is 3. The van der Waals surface area contributed by atoms with Gasteiger partial charge in [0.2, 0.25) is 5.89 Å². The van der Waals surface area contributed by atoms with Gasteiger partial charge in [-0.2, -0.15) is 4.98 Å². The molecule has 94 valence electrons. The Bertz CT molecular complexity index is 375. The van der Waals surface area contributed by atoms with Crippen LogP contribution in [-0.4, -0.2) is 42.5 Å². The Labute approximate surface area is 100 Å². The molecule has 1 aliphatic carbocycles. The van der Waals surface area contributed by atoms with Crippen LogP contribution < -0.4 is 10.6 Å². The summed E-state index contributed by atoms with van der Waals surface area (Å²) in [6.45, 7) is 3.12. The third kappa shape index (κ3) is 2.14. The molecule has 0 amide bonds. The van der Waals surface area contributed by atoms with Gasteiger partial charge < -0.3 is 19.9 Å². The van der Waals surface area contributed by atoms with Crippen molar-refractivity contribution in [2.45, 2.75) is 31.2 Å². The molecule has 1 aromatic rings. The molecule has 2 heterocycles. The van der Waals surface area contributed by atoms with Gasteiger partial charge in [0.15, 0.2) is 0 Å². The summed E-state index contributed by atoms with van der Waals surface area (Å²) in [5.41, 5.74) is 6.04. The summed E-state index contributed by atoms with van der Waals surface area (Å²) in [6.07, 6.45) is 3.27. The molecule has 1 saturated carbocycles. The molecule has 0 bridgehead atoms. The minimum atomic E-state index is 0.174. The topological polar surface area (TPSA) is 77.4 Å². The lowest BCUT2D eigenvalue weighted by Gasteiger charge is -2.24. The molecule has 17 heavy (non-hydrogen) atoms. The van der Waals surface area contributed by atoms with Gasteiger partial charge in [0, 0.05) is 19.1 Å². The van der Waals surface area contributed by atoms with Crippen LogP contribution in [0.3, 0.4) is 0 Å². The lowest BCUT2D eigenvalue weighted by molar-refractivity contribution is 0.121. The van der Waals surface area contributed by atoms with E-state index < -0.39 is 0 Å². The second-order valence-corrected chi connectivity index (χ2v) is 4.73. The summed E-state index contributed by atoms with van der Waals surface area (Å²) < 4.78 is 10.6. The molecule has 0 aromatic carbocycles. The number of ether oxygens (including phenoxy) is 1. The molecule has 0 radical (unpaired) electrons. The SMILES string of the molecule is N[C@@H]1CCC[C@@H]1c1nc(N2CCOCC2)no1. The Morgan fingerprint density at radius 1 is 1.24 bits per heavy atom. The minimum absolute atomic E-state index is 0.174. The first kappa shape index (κ1) is 11.0. The normalized spacial score (nSPS) is 29.8. The number of morpholine rings is 1. The average Bonchev–Trinajstić information content (AvgIpc) is 2.98. The van der Waals surface area contributed by atoms with Crippen molar-refractivity contribution in [3.63, 3.8) is 0 Å². The van der Waals surface area contributed by atoms with Crippen molar-refractivity contribution < 1.29 is 9.26 Å². The van der Waals surface area contributed by atoms with E-state index in [1.165, 1.54) is 0 Å². The first-order valence-electron chi connectivity index (χ1n) is 6.26. The van der Waals surface area contributed by atoms with Gasteiger partial charge in [-0.15, -0.1) is 0 Å². The predicted molar refractivity (Wildman–Crippen MR) is 61.9 cm³/mol. The highest BCUT2D eigenvalue weighted by atomic mass is 16.5. The Morgan fingerprint density at radius 3 is 2.76 bits per heavy atom. The van der Waals surface area contributed by atoms with E-state index in [-0.39, 0.29) is 12.0 Å². The van der Waals surface area contributed by atoms with Crippen LogP contribution in [0.2, 0.25) is 0 Å². The van der Waals surface area contributed by atoms with E-state index in [2.05, 4.69) is 15.0 Å². The van der Waals surface area contributed by atoms with Gasteiger partial charge in [-0.1, -0.05) is 6.42 Å². The second-order valence-electron chi connectivity index (χ2n) is 4.73. The number of nitrogens with two attached hydrogens (primary N) is 1. The molecule has 1 aromatic heterocycles. The molecule has 6 nitrogen and oxygen atoms in total. The van der Waals surface area contributed by atoms with Crippen LogP contribution in [0, 0.1) is 0 Å². The van der Waals surface area contributed by atoms with Crippen molar-refractivity contribution in [2.75, 3.05) is 31.2 Å². The summed E-state index contributed by atoms with van der Waals surface area (Å²) in [5, 5.41) is 4.05. The van der Waals surface area contributed by atoms with E-state index in [9.17, 15) is 0 Å². The van der Waals surface area contributed by atoms with Crippen molar-refractivity contribution in [3.8, 4) is 0 Å². The van der Waals surface area contributed by atoms with Gasteiger partial charge in [0.1, 0.15) is 0 Å². The summed E-state index contributed by atoms with van der Waals surface area (Å²) in [5.74, 6) is 1.64. The molecule has 1 saturated heterocycles. The lowest BCUT2D eigenvalue weighted by Crippen LogP contribution is -2.36. The zero-order chi connectivity index (χ0) is 11.7. The maximum Gasteiger partial charge on any atom is 0.266 e. The molecule has 1 aliphatic heterocycles. The van der Waals surface area contributed by atoms with Crippen molar-refractivity contribution in [1.82, 2.24) is 10.1 Å². The molecule has 2 N–H and O–H groups in total. The van der Waals surface area contributed by atoms with Gasteiger partial charge in [-0.3, -0.25) is 0 Å². The van der Waals surface area contributed by atoms with Gasteiger partial charge in [0.05, 0.1) is 19.1 Å². The third-order valence-electron chi connectivity index (χ3n) is 3.61. The van der Waals surface area contributed by atoms with Crippen molar-refractivity contribution in [2.24, 2.45) is 5.73 Å². The maximum atomic E-state index is 6.04. The Balaban J connectivity index is 1.73. The molecule has 0 spiro atoms. The second kappa shape index (κ2) is 4.62. The van der Waals surface area contributed by atoms with Gasteiger partial charge >= 0.3 is 0 Å². The highest BCUT2D eigenvalue weighted by Crippen LogP contribution is 2.33. The van der Waals surface area contributed by atoms with E-state index in [0.717, 1.165) is 45.6 Å². The Hall–Kier alpha value is -1.14. The fraction of sp³-hybridized carbons (Fsp3) is 0.818. The van der Waals surface area contributed by atoms with Crippen LogP contribution in [0.5, 0.6) is 0 Å². The van der Waals surface area contributed by atoms with Crippen LogP contribution in [0.25, 0.3) is 0 Å². The van der Waals surface area contributed by atoms with E-state index in [4.69, 9.17) is 15.0 Å². The van der Waals surface area contributed by atoms with Crippen LogP contribution in [0.15, 0.2) is 4.52 Å². The van der Waals surface area contributed by atoms with Crippen molar-refractivity contribution in [1.29, 1.82) is 0 Å². The first-order valence-corrected chi connectivity index (χ1v) is 6.26. The summed E-state index contributed by atoms with van der Waals surface area (Å²) in [7, 11) is 0. The molecule has 0 unspecified atom stereocenters. The van der Waals surface area contributed by atoms with Crippen molar-refractivity contribution >= 4 is 5.95 Å². The number of anilines is 1. The van der Waals surface area contributed by atoms with Crippen molar-refractivity contribution in [3.05, 3.63) is 5.89 Å². The Kier molecular flexibility index (Phi) is 2.98. The zero-order valence-electron chi connectivity index (χ0n) is 9.84. The molecule has 2 aliphatic rings. The summed E-state index contributed by atoms with van der Waals surface area (Å²) in [4.78, 5) is 6.57. The quantitative estimate of drug-likeness (QED) is 0.808. The first-order chi connectivity index (χ1) is 8.34. The third-order valence-corrected chi connectivity index (χ3v) is 3.61. The highest BCUT2D eigenvalue weighted by Gasteiger charge is 2.31. The van der Waals surface area contributed by atoms with Crippen LogP contribution in [-0.2, 0) is 4.74 Å². The smallest absolute Gasteiger partial charge is 0.266 e. The van der Waals surface area contributed by atoms with E-state index >= 15 is 0 Å². The predicted octanol–water partition coefficient (Wildman–Crippen LogP) is 0.501. The number of rotatable bonds is 2. The standard InChI is InChI=1S/C11H18N4O2/c12-9-3-1-2-8(9)10-13-11(14-17-10)15-4-6-16-7-5-15/h8-9H,1-7,12H2/t8-,9+/m0/s1. The van der Waals surface area contributed by atoms with Crippen LogP contribution in [0.1, 0.15) is 31.1 Å². The van der Waals surface area contributed by atoms with Crippen LogP contribution in [0.4, 0.5) is 5.95 Å². The number of aromatic nitrogens is 2. The zero-order valence-corrected chi connectivity index (χ0v) is 9.84. The number of hydrogen-bond acceptors (Lipinski definition) is 6. The van der Waals surface area contributed by atoms with Crippen LogP contribution >= 0.6 is 0 Å². The van der Waals surface area contributed by atoms with E-state index in [0.29, 0.717) is 11.8 Å². The van der Waals surface area contributed by atoms with E-state index in [1.54, 1.807) is 0 Å².